The number of ether oxygens (including phenoxy) is 1. The minimum Gasteiger partial charge on any atom is -0.493 e. The van der Waals surface area contributed by atoms with Crippen molar-refractivity contribution in [1.82, 2.24) is 28.8 Å². The molecule has 1 unspecified atom stereocenters. The second-order valence-electron chi connectivity index (χ2n) is 12.7. The summed E-state index contributed by atoms with van der Waals surface area (Å²) in [5, 5.41) is 4.89. The molecule has 3 heterocycles. The summed E-state index contributed by atoms with van der Waals surface area (Å²) >= 11 is 0. The van der Waals surface area contributed by atoms with Crippen LogP contribution in [-0.4, -0.2) is 76.0 Å². The van der Waals surface area contributed by atoms with E-state index >= 15 is 0 Å². The molecule has 10 nitrogen and oxygen atoms in total. The van der Waals surface area contributed by atoms with Crippen molar-refractivity contribution in [1.29, 1.82) is 0 Å². The summed E-state index contributed by atoms with van der Waals surface area (Å²) in [6.07, 6.45) is 14.1. The van der Waals surface area contributed by atoms with Gasteiger partial charge in [-0.05, 0) is 57.7 Å². The lowest BCUT2D eigenvalue weighted by molar-refractivity contribution is 0.126. The number of nitrogens with one attached hydrogen (secondary N) is 1. The fourth-order valence-electron chi connectivity index (χ4n) is 7.13. The van der Waals surface area contributed by atoms with E-state index in [9.17, 15) is 13.2 Å². The van der Waals surface area contributed by atoms with Crippen LogP contribution in [0.5, 0.6) is 5.75 Å². The van der Waals surface area contributed by atoms with E-state index in [-0.39, 0.29) is 22.2 Å². The molecule has 248 valence electrons. The fraction of sp³-hybridized carbons (Fsp3) is 0.676. The van der Waals surface area contributed by atoms with Gasteiger partial charge in [-0.15, -0.1) is 5.10 Å². The lowest BCUT2D eigenvalue weighted by atomic mass is 9.97. The van der Waals surface area contributed by atoms with Crippen molar-refractivity contribution in [2.45, 2.75) is 122 Å². The minimum absolute atomic E-state index is 0.167. The summed E-state index contributed by atoms with van der Waals surface area (Å²) in [5.74, 6) is 1.69. The predicted octanol–water partition coefficient (Wildman–Crippen LogP) is 6.28. The number of imidazole rings is 1. The first-order valence-corrected chi connectivity index (χ1v) is 18.7. The highest BCUT2D eigenvalue weighted by Gasteiger charge is 2.32. The Morgan fingerprint density at radius 1 is 1.00 bits per heavy atom. The zero-order valence-corrected chi connectivity index (χ0v) is 28.5. The molecule has 2 fully saturated rings. The highest BCUT2D eigenvalue weighted by Crippen LogP contribution is 2.33. The molecular weight excluding hydrogens is 588 g/mol. The molecular formula is C34H52N6O4S. The van der Waals surface area contributed by atoms with Crippen molar-refractivity contribution in [3.63, 3.8) is 0 Å². The first-order chi connectivity index (χ1) is 21.8. The number of unbranched alkanes of at least 4 members (excludes halogenated alkanes) is 3. The van der Waals surface area contributed by atoms with Gasteiger partial charge in [-0.1, -0.05) is 65.2 Å². The van der Waals surface area contributed by atoms with Gasteiger partial charge in [0.2, 0.25) is 10.0 Å². The number of H-pyrrole nitrogens is 1. The predicted molar refractivity (Wildman–Crippen MR) is 179 cm³/mol. The fourth-order valence-corrected chi connectivity index (χ4v) is 8.58. The number of nitrogens with zero attached hydrogens (tertiary/aromatic N) is 5. The maximum atomic E-state index is 13.9. The first-order valence-electron chi connectivity index (χ1n) is 17.3. The van der Waals surface area contributed by atoms with Crippen molar-refractivity contribution in [2.75, 3.05) is 32.8 Å². The summed E-state index contributed by atoms with van der Waals surface area (Å²) in [6, 6.07) is 5.45. The maximum absolute atomic E-state index is 13.9. The zero-order chi connectivity index (χ0) is 32.0. The Bertz CT molecular complexity index is 1580. The number of piperazine rings is 1. The van der Waals surface area contributed by atoms with Crippen molar-refractivity contribution >= 4 is 15.5 Å². The van der Waals surface area contributed by atoms with E-state index in [1.54, 1.807) is 27.0 Å². The largest absolute Gasteiger partial charge is 0.493 e. The van der Waals surface area contributed by atoms with E-state index in [1.165, 1.54) is 57.8 Å². The molecule has 5 rings (SSSR count). The van der Waals surface area contributed by atoms with E-state index in [0.717, 1.165) is 38.2 Å². The van der Waals surface area contributed by atoms with Crippen LogP contribution in [0.1, 0.15) is 115 Å². The SMILES string of the molecule is CCCCCCC(CC)c1nc(C)c2c(=O)[nH]c(-c3cc(S(=O)(=O)N4CCN(C5CCCCCC5)CC4)ccc3OCC)nn12. The Kier molecular flexibility index (Phi) is 11.4. The van der Waals surface area contributed by atoms with Crippen molar-refractivity contribution in [3.8, 4) is 17.1 Å². The van der Waals surface area contributed by atoms with Crippen LogP contribution >= 0.6 is 0 Å². The van der Waals surface area contributed by atoms with Gasteiger partial charge in [-0.2, -0.15) is 4.31 Å². The second-order valence-corrected chi connectivity index (χ2v) is 14.7. The van der Waals surface area contributed by atoms with Crippen LogP contribution in [0.15, 0.2) is 27.9 Å². The van der Waals surface area contributed by atoms with Crippen LogP contribution < -0.4 is 10.3 Å². The molecule has 1 saturated carbocycles. The monoisotopic (exact) mass is 640 g/mol. The van der Waals surface area contributed by atoms with Gasteiger partial charge in [0.25, 0.3) is 5.56 Å². The Hall–Kier alpha value is -2.76. The Labute approximate surface area is 268 Å². The Morgan fingerprint density at radius 2 is 1.73 bits per heavy atom. The standard InChI is InChI=1S/C34H52N6O4S/c1-5-8-9-12-15-26(6-2)33-35-25(4)31-34(41)36-32(37-40(31)33)29-24-28(18-19-30(29)44-7-3)45(42,43)39-22-20-38(21-23-39)27-16-13-10-11-14-17-27/h18-19,24,26-27H,5-17,20-23H2,1-4H3,(H,36,37,41). The summed E-state index contributed by atoms with van der Waals surface area (Å²) < 4.78 is 37.1. The summed E-state index contributed by atoms with van der Waals surface area (Å²) in [5.41, 5.74) is 1.21. The van der Waals surface area contributed by atoms with Crippen LogP contribution in [0, 0.1) is 6.92 Å². The number of hydrogen-bond donors (Lipinski definition) is 1. The highest BCUT2D eigenvalue weighted by molar-refractivity contribution is 7.89. The van der Waals surface area contributed by atoms with Gasteiger partial charge < -0.3 is 9.72 Å². The molecule has 3 aromatic rings. The smallest absolute Gasteiger partial charge is 0.277 e. The Balaban J connectivity index is 1.46. The molecule has 0 spiro atoms. The molecule has 1 saturated heterocycles. The molecule has 1 aromatic carbocycles. The van der Waals surface area contributed by atoms with Gasteiger partial charge in [0.1, 0.15) is 11.6 Å². The highest BCUT2D eigenvalue weighted by atomic mass is 32.2. The molecule has 0 bridgehead atoms. The number of benzene rings is 1. The average Bonchev–Trinajstić information content (AvgIpc) is 3.19. The zero-order valence-electron chi connectivity index (χ0n) is 27.7. The second kappa shape index (κ2) is 15.2. The van der Waals surface area contributed by atoms with Gasteiger partial charge in [0.05, 0.1) is 22.8 Å². The molecule has 1 aliphatic heterocycles. The number of rotatable bonds is 13. The number of fused-ring (bicyclic) bond motifs is 1. The third-order valence-electron chi connectivity index (χ3n) is 9.72. The van der Waals surface area contributed by atoms with Crippen molar-refractivity contribution in [2.24, 2.45) is 0 Å². The van der Waals surface area contributed by atoms with Crippen molar-refractivity contribution in [3.05, 3.63) is 40.1 Å². The number of hydrogen-bond acceptors (Lipinski definition) is 7. The van der Waals surface area contributed by atoms with Crippen LogP contribution in [0.3, 0.4) is 0 Å². The van der Waals surface area contributed by atoms with Gasteiger partial charge in [0, 0.05) is 38.1 Å². The molecule has 1 atom stereocenters. The van der Waals surface area contributed by atoms with Crippen LogP contribution in [0.25, 0.3) is 16.9 Å². The maximum Gasteiger partial charge on any atom is 0.277 e. The quantitative estimate of drug-likeness (QED) is 0.173. The molecule has 1 N–H and O–H groups in total. The summed E-state index contributed by atoms with van der Waals surface area (Å²) in [6.45, 7) is 10.9. The third-order valence-corrected chi connectivity index (χ3v) is 11.6. The van der Waals surface area contributed by atoms with Crippen LogP contribution in [-0.2, 0) is 10.0 Å². The lowest BCUT2D eigenvalue weighted by Crippen LogP contribution is -2.51. The van der Waals surface area contributed by atoms with Gasteiger partial charge in [-0.25, -0.2) is 17.9 Å². The topological polar surface area (TPSA) is 113 Å². The van der Waals surface area contributed by atoms with Gasteiger partial charge in [0.15, 0.2) is 11.3 Å². The van der Waals surface area contributed by atoms with Gasteiger partial charge in [-0.3, -0.25) is 9.69 Å². The van der Waals surface area contributed by atoms with Crippen LogP contribution in [0.2, 0.25) is 0 Å². The number of aromatic amines is 1. The molecule has 1 aliphatic carbocycles. The first kappa shape index (κ1) is 33.6. The Morgan fingerprint density at radius 3 is 2.40 bits per heavy atom. The minimum atomic E-state index is -3.76. The van der Waals surface area contributed by atoms with Crippen LogP contribution in [0.4, 0.5) is 0 Å². The average molecular weight is 641 g/mol. The summed E-state index contributed by atoms with van der Waals surface area (Å²) in [7, 11) is -3.76. The van der Waals surface area contributed by atoms with E-state index in [4.69, 9.17) is 14.8 Å². The molecule has 45 heavy (non-hydrogen) atoms. The molecule has 0 radical (unpaired) electrons. The molecule has 2 aromatic heterocycles. The number of aromatic nitrogens is 4. The molecule has 11 heteroatoms. The third kappa shape index (κ3) is 7.46. The van der Waals surface area contributed by atoms with Crippen molar-refractivity contribution < 1.29 is 13.2 Å². The van der Waals surface area contributed by atoms with E-state index in [2.05, 4.69) is 23.7 Å². The number of aryl methyl sites for hydroxylation is 1. The van der Waals surface area contributed by atoms with Gasteiger partial charge >= 0.3 is 0 Å². The van der Waals surface area contributed by atoms with E-state index in [0.29, 0.717) is 48.3 Å². The normalized spacial score (nSPS) is 18.3. The van der Waals surface area contributed by atoms with E-state index in [1.807, 2.05) is 13.8 Å². The summed E-state index contributed by atoms with van der Waals surface area (Å²) in [4.78, 5) is 23.9. The molecule has 0 amide bonds. The lowest BCUT2D eigenvalue weighted by Gasteiger charge is -2.38. The number of sulfonamides is 1. The van der Waals surface area contributed by atoms with E-state index < -0.39 is 10.0 Å². The molecule has 2 aliphatic rings.